The van der Waals surface area contributed by atoms with Crippen LogP contribution in [-0.2, 0) is 21.0 Å². The number of unbranched alkanes of at least 4 members (excludes halogenated alkanes) is 1. The fourth-order valence-corrected chi connectivity index (χ4v) is 4.38. The Morgan fingerprint density at radius 3 is 2.60 bits per heavy atom. The first-order chi connectivity index (χ1) is 20.3. The summed E-state index contributed by atoms with van der Waals surface area (Å²) < 4.78 is 10.8. The van der Waals surface area contributed by atoms with Crippen LogP contribution in [0.3, 0.4) is 0 Å². The lowest BCUT2D eigenvalue weighted by molar-refractivity contribution is -0.763. The van der Waals surface area contributed by atoms with Crippen molar-refractivity contribution in [3.8, 4) is 11.5 Å². The number of nitrogens with one attached hydrogen (secondary N) is 1. The summed E-state index contributed by atoms with van der Waals surface area (Å²) in [5, 5.41) is 12.7. The van der Waals surface area contributed by atoms with E-state index in [9.17, 15) is 19.7 Å². The lowest BCUT2D eigenvalue weighted by Gasteiger charge is -2.15. The standard InChI is InChI=1S/C17H22N2O6.C15H19ClO/c1-3-4-5-6-11-16(20)18-13(2)17(21)25-15-10-8-7-9-14(15)12-24-19(22)23;16-14-9-5-10-15(12-14)17-11-4-3-8-13-6-1-2-7-13/h3-4,7-10,13H,5-6,11-12H2,1-2H3,(H,18,20);3,5,8-10,12-13H,1-2,4,6-7,11H2/b4-3-;8-3+. The molecule has 2 aromatic carbocycles. The van der Waals surface area contributed by atoms with E-state index in [1.807, 2.05) is 43.3 Å². The van der Waals surface area contributed by atoms with Crippen molar-refractivity contribution in [2.45, 2.75) is 77.9 Å². The smallest absolute Gasteiger partial charge is 0.333 e. The highest BCUT2D eigenvalue weighted by Crippen LogP contribution is 2.25. The number of ether oxygens (including phenoxy) is 2. The number of rotatable bonds is 15. The molecule has 1 saturated carbocycles. The lowest BCUT2D eigenvalue weighted by atomic mass is 10.1. The second-order valence-corrected chi connectivity index (χ2v) is 10.3. The first-order valence-electron chi connectivity index (χ1n) is 14.3. The Morgan fingerprint density at radius 1 is 1.12 bits per heavy atom. The van der Waals surface area contributed by atoms with Gasteiger partial charge in [0.25, 0.3) is 5.09 Å². The number of allylic oxidation sites excluding steroid dienone is 3. The van der Waals surface area contributed by atoms with Crippen molar-refractivity contribution in [3.05, 3.63) is 93.5 Å². The third-order valence-corrected chi connectivity index (χ3v) is 6.64. The molecule has 1 unspecified atom stereocenters. The third-order valence-electron chi connectivity index (χ3n) is 6.41. The maximum absolute atomic E-state index is 12.1. The van der Waals surface area contributed by atoms with Crippen molar-refractivity contribution in [1.82, 2.24) is 5.32 Å². The van der Waals surface area contributed by atoms with E-state index >= 15 is 0 Å². The Labute approximate surface area is 253 Å². The molecule has 1 aliphatic carbocycles. The number of esters is 1. The van der Waals surface area contributed by atoms with E-state index in [4.69, 9.17) is 21.1 Å². The molecule has 0 aliphatic heterocycles. The minimum absolute atomic E-state index is 0.156. The molecule has 0 bridgehead atoms. The van der Waals surface area contributed by atoms with Gasteiger partial charge in [0.15, 0.2) is 0 Å². The van der Waals surface area contributed by atoms with Crippen LogP contribution in [0.1, 0.15) is 70.8 Å². The first-order valence-corrected chi connectivity index (χ1v) is 14.7. The van der Waals surface area contributed by atoms with Crippen LogP contribution in [0.4, 0.5) is 0 Å². The maximum atomic E-state index is 12.1. The van der Waals surface area contributed by atoms with Crippen molar-refractivity contribution in [2.75, 3.05) is 6.61 Å². The van der Waals surface area contributed by atoms with Gasteiger partial charge in [-0.2, -0.15) is 0 Å². The van der Waals surface area contributed by atoms with E-state index < -0.39 is 17.1 Å². The van der Waals surface area contributed by atoms with Crippen molar-refractivity contribution >= 4 is 23.5 Å². The number of amides is 1. The van der Waals surface area contributed by atoms with Crippen molar-refractivity contribution < 1.29 is 29.0 Å². The van der Waals surface area contributed by atoms with E-state index in [-0.39, 0.29) is 18.3 Å². The van der Waals surface area contributed by atoms with Crippen LogP contribution >= 0.6 is 11.6 Å². The zero-order chi connectivity index (χ0) is 30.6. The zero-order valence-corrected chi connectivity index (χ0v) is 25.1. The van der Waals surface area contributed by atoms with Crippen LogP contribution in [0.5, 0.6) is 11.5 Å². The summed E-state index contributed by atoms with van der Waals surface area (Å²) in [6, 6.07) is 13.0. The Kier molecular flexibility index (Phi) is 16.4. The Morgan fingerprint density at radius 2 is 1.88 bits per heavy atom. The minimum Gasteiger partial charge on any atom is -0.493 e. The summed E-state index contributed by atoms with van der Waals surface area (Å²) in [4.78, 5) is 38.5. The van der Waals surface area contributed by atoms with E-state index in [1.54, 1.807) is 18.2 Å². The molecule has 9 nitrogen and oxygen atoms in total. The van der Waals surface area contributed by atoms with Gasteiger partial charge in [0.1, 0.15) is 24.1 Å². The summed E-state index contributed by atoms with van der Waals surface area (Å²) in [5.41, 5.74) is 0.359. The number of carbonyl (C=O) groups is 2. The fourth-order valence-electron chi connectivity index (χ4n) is 4.20. The molecule has 1 aliphatic rings. The topological polar surface area (TPSA) is 117 Å². The van der Waals surface area contributed by atoms with Crippen LogP contribution in [0.2, 0.25) is 5.02 Å². The molecule has 42 heavy (non-hydrogen) atoms. The molecule has 0 radical (unpaired) electrons. The summed E-state index contributed by atoms with van der Waals surface area (Å²) in [6.45, 7) is 3.82. The number of hydrogen-bond donors (Lipinski definition) is 1. The first kappa shape index (κ1) is 34.4. The van der Waals surface area contributed by atoms with E-state index in [0.717, 1.165) is 36.1 Å². The Hall–Kier alpha value is -3.85. The largest absolute Gasteiger partial charge is 0.493 e. The van der Waals surface area contributed by atoms with Crippen LogP contribution < -0.4 is 14.8 Å². The van der Waals surface area contributed by atoms with Gasteiger partial charge in [-0.05, 0) is 76.1 Å². The van der Waals surface area contributed by atoms with Crippen molar-refractivity contribution in [1.29, 1.82) is 0 Å². The van der Waals surface area contributed by atoms with Crippen LogP contribution in [0.25, 0.3) is 0 Å². The van der Waals surface area contributed by atoms with Crippen LogP contribution in [0.15, 0.2) is 72.8 Å². The lowest BCUT2D eigenvalue weighted by Crippen LogP contribution is -2.40. The molecular weight excluding hydrogens is 560 g/mol. The highest BCUT2D eigenvalue weighted by molar-refractivity contribution is 6.30. The predicted octanol–water partition coefficient (Wildman–Crippen LogP) is 7.41. The highest BCUT2D eigenvalue weighted by Gasteiger charge is 2.19. The Bertz CT molecular complexity index is 1180. The van der Waals surface area contributed by atoms with Gasteiger partial charge in [-0.3, -0.25) is 4.79 Å². The average molecular weight is 601 g/mol. The van der Waals surface area contributed by atoms with Gasteiger partial charge in [0.05, 0.1) is 6.61 Å². The molecular formula is C32H41ClN2O7. The predicted molar refractivity (Wildman–Crippen MR) is 163 cm³/mol. The highest BCUT2D eigenvalue weighted by atomic mass is 35.5. The Balaban J connectivity index is 0.000000314. The minimum atomic E-state index is -0.921. The second kappa shape index (κ2) is 20.1. The molecule has 0 saturated heterocycles. The van der Waals surface area contributed by atoms with Crippen molar-refractivity contribution in [3.63, 3.8) is 0 Å². The van der Waals surface area contributed by atoms with Crippen LogP contribution in [-0.4, -0.2) is 29.6 Å². The SMILES string of the molecule is C/C=C\CCCC(=O)NC(C)C(=O)Oc1ccccc1CO[N+](=O)[O-].Clc1cccc(OCC/C=C/C2CCCC2)c1. The number of hydrogen-bond acceptors (Lipinski definition) is 7. The van der Waals surface area contributed by atoms with E-state index in [0.29, 0.717) is 18.4 Å². The van der Waals surface area contributed by atoms with Gasteiger partial charge < -0.3 is 19.6 Å². The molecule has 3 rings (SSSR count). The van der Waals surface area contributed by atoms with Gasteiger partial charge >= 0.3 is 5.97 Å². The molecule has 0 heterocycles. The maximum Gasteiger partial charge on any atom is 0.333 e. The summed E-state index contributed by atoms with van der Waals surface area (Å²) in [6.07, 6.45) is 16.8. The number of halogens is 1. The summed E-state index contributed by atoms with van der Waals surface area (Å²) >= 11 is 5.88. The molecule has 1 amide bonds. The summed E-state index contributed by atoms with van der Waals surface area (Å²) in [5.74, 6) is 0.936. The quantitative estimate of drug-likeness (QED) is 0.0565. The molecule has 228 valence electrons. The number of carbonyl (C=O) groups excluding carboxylic acids is 2. The average Bonchev–Trinajstić information content (AvgIpc) is 3.49. The van der Waals surface area contributed by atoms with Crippen LogP contribution in [0, 0.1) is 16.0 Å². The monoisotopic (exact) mass is 600 g/mol. The molecule has 10 heteroatoms. The summed E-state index contributed by atoms with van der Waals surface area (Å²) in [7, 11) is 0. The number of benzene rings is 2. The van der Waals surface area contributed by atoms with Crippen molar-refractivity contribution in [2.24, 2.45) is 5.92 Å². The fraction of sp³-hybridized carbons (Fsp3) is 0.438. The van der Waals surface area contributed by atoms with Gasteiger partial charge in [-0.15, -0.1) is 10.1 Å². The molecule has 1 atom stereocenters. The molecule has 2 aromatic rings. The van der Waals surface area contributed by atoms with Gasteiger partial charge in [-0.25, -0.2) is 4.79 Å². The normalized spacial score (nSPS) is 13.8. The molecule has 0 aromatic heterocycles. The van der Waals surface area contributed by atoms with Gasteiger partial charge in [0.2, 0.25) is 5.91 Å². The third kappa shape index (κ3) is 14.7. The number of para-hydroxylation sites is 1. The second-order valence-electron chi connectivity index (χ2n) is 9.84. The van der Waals surface area contributed by atoms with Gasteiger partial charge in [0, 0.05) is 17.0 Å². The molecule has 1 N–H and O–H groups in total. The van der Waals surface area contributed by atoms with E-state index in [2.05, 4.69) is 22.3 Å². The zero-order valence-electron chi connectivity index (χ0n) is 24.3. The van der Waals surface area contributed by atoms with E-state index in [1.165, 1.54) is 38.7 Å². The molecule has 1 fully saturated rings. The number of nitrogens with zero attached hydrogens (tertiary/aromatic N) is 1. The van der Waals surface area contributed by atoms with Gasteiger partial charge in [-0.1, -0.05) is 73.0 Å². The molecule has 0 spiro atoms.